The molecule has 1 saturated heterocycles. The molecule has 1 atom stereocenters. The summed E-state index contributed by atoms with van der Waals surface area (Å²) in [5, 5.41) is 10.9. The van der Waals surface area contributed by atoms with Gasteiger partial charge in [0, 0.05) is 12.7 Å². The molecule has 0 bridgehead atoms. The van der Waals surface area contributed by atoms with Crippen LogP contribution in [-0.4, -0.2) is 28.9 Å². The van der Waals surface area contributed by atoms with Gasteiger partial charge >= 0.3 is 6.18 Å². The second kappa shape index (κ2) is 5.28. The smallest absolute Gasteiger partial charge is 0.411 e. The molecule has 0 radical (unpaired) electrons. The number of nitrogens with zero attached hydrogens (tertiary/aromatic N) is 3. The van der Waals surface area contributed by atoms with Gasteiger partial charge in [0.05, 0.1) is 22.7 Å². The summed E-state index contributed by atoms with van der Waals surface area (Å²) in [7, 11) is 0. The van der Waals surface area contributed by atoms with Crippen LogP contribution in [0.25, 0.3) is 0 Å². The predicted molar refractivity (Wildman–Crippen MR) is 65.0 cm³/mol. The third-order valence-electron chi connectivity index (χ3n) is 2.90. The van der Waals surface area contributed by atoms with Crippen molar-refractivity contribution in [1.29, 1.82) is 0 Å². The van der Waals surface area contributed by atoms with E-state index in [0.717, 1.165) is 12.3 Å². The Hall–Kier alpha value is -1.83. The summed E-state index contributed by atoms with van der Waals surface area (Å²) in [6.45, 7) is 0.244. The first-order valence-corrected chi connectivity index (χ1v) is 5.94. The first-order valence-electron chi connectivity index (χ1n) is 5.56. The summed E-state index contributed by atoms with van der Waals surface area (Å²) in [6, 6.07) is 0.727. The number of hydrogen-bond acceptors (Lipinski definition) is 4. The highest BCUT2D eigenvalue weighted by atomic mass is 35.5. The van der Waals surface area contributed by atoms with E-state index in [-0.39, 0.29) is 17.4 Å². The van der Waals surface area contributed by atoms with Gasteiger partial charge in [0.2, 0.25) is 5.91 Å². The van der Waals surface area contributed by atoms with Crippen LogP contribution in [0.3, 0.4) is 0 Å². The maximum atomic E-state index is 12.5. The van der Waals surface area contributed by atoms with Gasteiger partial charge in [-0.05, 0) is 12.5 Å². The summed E-state index contributed by atoms with van der Waals surface area (Å²) in [4.78, 5) is 16.7. The molecule has 0 aromatic carbocycles. The molecular weight excluding hydrogens is 299 g/mol. The highest BCUT2D eigenvalue weighted by molar-refractivity contribution is 6.33. The van der Waals surface area contributed by atoms with Gasteiger partial charge in [-0.1, -0.05) is 11.6 Å². The molecule has 9 heteroatoms. The van der Waals surface area contributed by atoms with E-state index in [1.54, 1.807) is 0 Å². The van der Waals surface area contributed by atoms with Gasteiger partial charge in [-0.3, -0.25) is 9.69 Å². The Morgan fingerprint density at radius 3 is 2.80 bits per heavy atom. The molecular formula is C11H9ClF3N3O2. The summed E-state index contributed by atoms with van der Waals surface area (Å²) in [5.41, 5.74) is -0.980. The first kappa shape index (κ1) is 14.6. The van der Waals surface area contributed by atoms with Crippen molar-refractivity contribution in [2.24, 2.45) is 11.1 Å². The molecule has 1 unspecified atom stereocenters. The zero-order valence-electron chi connectivity index (χ0n) is 9.93. The largest absolute Gasteiger partial charge is 0.417 e. The highest BCUT2D eigenvalue weighted by Gasteiger charge is 2.36. The molecule has 0 spiro atoms. The molecule has 1 fully saturated rings. The van der Waals surface area contributed by atoms with E-state index in [1.807, 2.05) is 0 Å². The van der Waals surface area contributed by atoms with Crippen molar-refractivity contribution in [3.63, 3.8) is 0 Å². The minimum absolute atomic E-state index is 0.0292. The Morgan fingerprint density at radius 1 is 1.55 bits per heavy atom. The molecule has 1 aliphatic heterocycles. The van der Waals surface area contributed by atoms with Crippen molar-refractivity contribution in [2.75, 3.05) is 11.4 Å². The molecule has 2 rings (SSSR count). The lowest BCUT2D eigenvalue weighted by Gasteiger charge is -2.17. The number of halogens is 4. The van der Waals surface area contributed by atoms with E-state index in [1.165, 1.54) is 4.90 Å². The second-order valence-electron chi connectivity index (χ2n) is 4.18. The molecule has 0 saturated carbocycles. The predicted octanol–water partition coefficient (Wildman–Crippen LogP) is 2.57. The van der Waals surface area contributed by atoms with Crippen molar-refractivity contribution in [2.45, 2.75) is 12.6 Å². The van der Waals surface area contributed by atoms with Crippen LogP contribution in [-0.2, 0) is 11.0 Å². The average Bonchev–Trinajstić information content (AvgIpc) is 2.71. The summed E-state index contributed by atoms with van der Waals surface area (Å²) < 4.78 is 37.5. The molecule has 2 heterocycles. The Morgan fingerprint density at radius 2 is 2.25 bits per heavy atom. The zero-order chi connectivity index (χ0) is 14.9. The van der Waals surface area contributed by atoms with Crippen LogP contribution in [0.2, 0.25) is 5.02 Å². The van der Waals surface area contributed by atoms with Gasteiger partial charge in [0.15, 0.2) is 5.82 Å². The average molecular weight is 308 g/mol. The van der Waals surface area contributed by atoms with Crippen LogP contribution in [0.4, 0.5) is 19.0 Å². The first-order chi connectivity index (χ1) is 9.34. The number of carbonyl (C=O) groups is 1. The number of hydrogen-bond donors (Lipinski definition) is 1. The lowest BCUT2D eigenvalue weighted by Crippen LogP contribution is -2.28. The summed E-state index contributed by atoms with van der Waals surface area (Å²) >= 11 is 5.77. The Bertz CT molecular complexity index is 562. The molecule has 1 aliphatic rings. The van der Waals surface area contributed by atoms with Gasteiger partial charge in [-0.25, -0.2) is 4.98 Å². The number of alkyl halides is 3. The minimum atomic E-state index is -4.55. The fraction of sp³-hybridized carbons (Fsp3) is 0.364. The molecule has 1 aromatic rings. The van der Waals surface area contributed by atoms with Crippen molar-refractivity contribution >= 4 is 29.5 Å². The number of anilines is 1. The minimum Gasteiger partial charge on any atom is -0.411 e. The molecule has 20 heavy (non-hydrogen) atoms. The van der Waals surface area contributed by atoms with Gasteiger partial charge in [-0.2, -0.15) is 13.2 Å². The maximum absolute atomic E-state index is 12.5. The molecule has 5 nitrogen and oxygen atoms in total. The van der Waals surface area contributed by atoms with Gasteiger partial charge < -0.3 is 5.21 Å². The van der Waals surface area contributed by atoms with E-state index in [0.29, 0.717) is 12.6 Å². The number of rotatable bonds is 2. The number of pyridine rings is 1. The zero-order valence-corrected chi connectivity index (χ0v) is 10.7. The fourth-order valence-electron chi connectivity index (χ4n) is 1.92. The van der Waals surface area contributed by atoms with Crippen LogP contribution >= 0.6 is 11.6 Å². The number of carbonyl (C=O) groups excluding carboxylic acids is 1. The van der Waals surface area contributed by atoms with Gasteiger partial charge in [0.1, 0.15) is 0 Å². The molecule has 0 aliphatic carbocycles. The third kappa shape index (κ3) is 2.69. The number of aromatic nitrogens is 1. The van der Waals surface area contributed by atoms with E-state index in [9.17, 15) is 18.0 Å². The Labute approximate surface area is 116 Å². The molecule has 1 N–H and O–H groups in total. The SMILES string of the molecule is O=C1C(/C=N\O)CCN1c1ncc(C(F)(F)F)cc1Cl. The van der Waals surface area contributed by atoms with Crippen LogP contribution in [0.15, 0.2) is 17.4 Å². The van der Waals surface area contributed by atoms with Crippen molar-refractivity contribution < 1.29 is 23.2 Å². The second-order valence-corrected chi connectivity index (χ2v) is 4.58. The molecule has 108 valence electrons. The number of oxime groups is 1. The topological polar surface area (TPSA) is 65.8 Å². The fourth-order valence-corrected chi connectivity index (χ4v) is 2.18. The maximum Gasteiger partial charge on any atom is 0.417 e. The normalized spacial score (nSPS) is 20.1. The summed E-state index contributed by atoms with van der Waals surface area (Å²) in [5.74, 6) is -1.07. The van der Waals surface area contributed by atoms with E-state index in [2.05, 4.69) is 10.1 Å². The van der Waals surface area contributed by atoms with Gasteiger partial charge in [0.25, 0.3) is 0 Å². The summed E-state index contributed by atoms with van der Waals surface area (Å²) in [6.07, 6.45) is -2.47. The molecule has 1 amide bonds. The lowest BCUT2D eigenvalue weighted by atomic mass is 10.1. The quantitative estimate of drug-likeness (QED) is 0.519. The van der Waals surface area contributed by atoms with Crippen LogP contribution in [0, 0.1) is 5.92 Å². The number of amides is 1. The standard InChI is InChI=1S/C11H9ClF3N3O2/c12-8-3-7(11(13,14)15)5-16-9(8)18-2-1-6(4-17-20)10(18)19/h3-6,20H,1-2H2/b17-4-. The lowest BCUT2D eigenvalue weighted by molar-refractivity contribution is -0.137. The van der Waals surface area contributed by atoms with E-state index < -0.39 is 23.6 Å². The van der Waals surface area contributed by atoms with Crippen LogP contribution in [0.5, 0.6) is 0 Å². The Balaban J connectivity index is 2.29. The van der Waals surface area contributed by atoms with Crippen LogP contribution in [0.1, 0.15) is 12.0 Å². The van der Waals surface area contributed by atoms with Gasteiger partial charge in [-0.15, -0.1) is 5.16 Å². The van der Waals surface area contributed by atoms with Crippen molar-refractivity contribution in [3.05, 3.63) is 22.8 Å². The van der Waals surface area contributed by atoms with Crippen molar-refractivity contribution in [3.8, 4) is 0 Å². The highest BCUT2D eigenvalue weighted by Crippen LogP contribution is 2.35. The van der Waals surface area contributed by atoms with E-state index in [4.69, 9.17) is 16.8 Å². The monoisotopic (exact) mass is 307 g/mol. The van der Waals surface area contributed by atoms with E-state index >= 15 is 0 Å². The Kier molecular flexibility index (Phi) is 3.85. The molecule has 1 aromatic heterocycles. The van der Waals surface area contributed by atoms with Crippen LogP contribution < -0.4 is 4.90 Å². The van der Waals surface area contributed by atoms with Crippen molar-refractivity contribution in [1.82, 2.24) is 4.98 Å². The third-order valence-corrected chi connectivity index (χ3v) is 3.18.